The molecule has 0 aliphatic heterocycles. The van der Waals surface area contributed by atoms with E-state index in [2.05, 4.69) is 36.2 Å². The molecule has 0 unspecified atom stereocenters. The zero-order valence-electron chi connectivity index (χ0n) is 14.0. The summed E-state index contributed by atoms with van der Waals surface area (Å²) in [7, 11) is 0. The van der Waals surface area contributed by atoms with Gasteiger partial charge < -0.3 is 4.74 Å². The largest absolute Gasteiger partial charge is 0.466 e. The maximum Gasteiger partial charge on any atom is 0.306 e. The molecule has 0 N–H and O–H groups in total. The molecule has 1 aromatic carbocycles. The Kier molecular flexibility index (Phi) is 4.65. The second-order valence-corrected chi connectivity index (χ2v) is 6.89. The maximum atomic E-state index is 11.7. The van der Waals surface area contributed by atoms with Gasteiger partial charge in [-0.1, -0.05) is 25.1 Å². The van der Waals surface area contributed by atoms with Crippen LogP contribution in [-0.4, -0.2) is 17.6 Å². The SMILES string of the molecule is CCOC(=O)CC1CCC(C)(c2ccnc3ccccc23)CC1. The second-order valence-electron chi connectivity index (χ2n) is 6.89. The number of fused-ring (bicyclic) bond motifs is 1. The van der Waals surface area contributed by atoms with Gasteiger partial charge in [0.2, 0.25) is 0 Å². The highest BCUT2D eigenvalue weighted by Gasteiger charge is 2.34. The van der Waals surface area contributed by atoms with Gasteiger partial charge in [0.15, 0.2) is 0 Å². The van der Waals surface area contributed by atoms with Crippen LogP contribution >= 0.6 is 0 Å². The van der Waals surface area contributed by atoms with Gasteiger partial charge in [0.25, 0.3) is 0 Å². The molecule has 0 saturated heterocycles. The highest BCUT2D eigenvalue weighted by Crippen LogP contribution is 2.44. The Hall–Kier alpha value is -1.90. The number of hydrogen-bond donors (Lipinski definition) is 0. The number of rotatable bonds is 4. The van der Waals surface area contributed by atoms with Crippen LogP contribution < -0.4 is 0 Å². The number of carbonyl (C=O) groups is 1. The molecule has 0 radical (unpaired) electrons. The summed E-state index contributed by atoms with van der Waals surface area (Å²) in [5.41, 5.74) is 2.64. The van der Waals surface area contributed by atoms with E-state index in [4.69, 9.17) is 4.74 Å². The Balaban J connectivity index is 1.75. The molecule has 3 heteroatoms. The Morgan fingerprint density at radius 2 is 2.00 bits per heavy atom. The van der Waals surface area contributed by atoms with E-state index >= 15 is 0 Å². The van der Waals surface area contributed by atoms with E-state index in [1.807, 2.05) is 19.2 Å². The fourth-order valence-electron chi connectivity index (χ4n) is 3.87. The van der Waals surface area contributed by atoms with Gasteiger partial charge in [-0.25, -0.2) is 0 Å². The fraction of sp³-hybridized carbons (Fsp3) is 0.500. The van der Waals surface area contributed by atoms with Gasteiger partial charge in [-0.05, 0) is 61.6 Å². The first kappa shape index (κ1) is 16.0. The minimum atomic E-state index is -0.0459. The smallest absolute Gasteiger partial charge is 0.306 e. The minimum Gasteiger partial charge on any atom is -0.466 e. The summed E-state index contributed by atoms with van der Waals surface area (Å²) < 4.78 is 5.09. The van der Waals surface area contributed by atoms with Gasteiger partial charge in [-0.15, -0.1) is 0 Å². The van der Waals surface area contributed by atoms with Gasteiger partial charge in [0.05, 0.1) is 12.1 Å². The normalized spacial score (nSPS) is 24.5. The lowest BCUT2D eigenvalue weighted by Gasteiger charge is -2.38. The predicted molar refractivity (Wildman–Crippen MR) is 92.3 cm³/mol. The number of aromatic nitrogens is 1. The van der Waals surface area contributed by atoms with Crippen LogP contribution in [0, 0.1) is 5.92 Å². The molecular weight excluding hydrogens is 286 g/mol. The number of benzene rings is 1. The molecule has 0 spiro atoms. The molecule has 1 fully saturated rings. The van der Waals surface area contributed by atoms with Crippen molar-refractivity contribution in [3.63, 3.8) is 0 Å². The summed E-state index contributed by atoms with van der Waals surface area (Å²) in [5.74, 6) is 0.422. The number of nitrogens with zero attached hydrogens (tertiary/aromatic N) is 1. The lowest BCUT2D eigenvalue weighted by atomic mass is 9.67. The van der Waals surface area contributed by atoms with Crippen molar-refractivity contribution in [3.05, 3.63) is 42.1 Å². The zero-order chi connectivity index (χ0) is 16.3. The van der Waals surface area contributed by atoms with Crippen molar-refractivity contribution >= 4 is 16.9 Å². The number of ether oxygens (including phenoxy) is 1. The summed E-state index contributed by atoms with van der Waals surface area (Å²) in [5, 5.41) is 1.27. The van der Waals surface area contributed by atoms with E-state index < -0.39 is 0 Å². The van der Waals surface area contributed by atoms with Crippen molar-refractivity contribution in [2.75, 3.05) is 6.61 Å². The summed E-state index contributed by atoms with van der Waals surface area (Å²) in [6.45, 7) is 4.70. The van der Waals surface area contributed by atoms with Crippen molar-refractivity contribution in [3.8, 4) is 0 Å². The fourth-order valence-corrected chi connectivity index (χ4v) is 3.87. The van der Waals surface area contributed by atoms with Crippen molar-refractivity contribution < 1.29 is 9.53 Å². The zero-order valence-corrected chi connectivity index (χ0v) is 14.0. The van der Waals surface area contributed by atoms with Crippen LogP contribution in [0.4, 0.5) is 0 Å². The minimum absolute atomic E-state index is 0.0459. The first-order valence-electron chi connectivity index (χ1n) is 8.62. The summed E-state index contributed by atoms with van der Waals surface area (Å²) >= 11 is 0. The van der Waals surface area contributed by atoms with Crippen molar-refractivity contribution in [2.24, 2.45) is 5.92 Å². The topological polar surface area (TPSA) is 39.2 Å². The van der Waals surface area contributed by atoms with E-state index in [-0.39, 0.29) is 11.4 Å². The van der Waals surface area contributed by atoms with Crippen LogP contribution in [0.2, 0.25) is 0 Å². The summed E-state index contributed by atoms with van der Waals surface area (Å²) in [6.07, 6.45) is 6.91. The second kappa shape index (κ2) is 6.69. The molecule has 0 atom stereocenters. The molecule has 2 aromatic rings. The van der Waals surface area contributed by atoms with E-state index in [1.54, 1.807) is 0 Å². The number of para-hydroxylation sites is 1. The number of hydrogen-bond acceptors (Lipinski definition) is 3. The number of carbonyl (C=O) groups excluding carboxylic acids is 1. The van der Waals surface area contributed by atoms with E-state index in [0.29, 0.717) is 18.9 Å². The van der Waals surface area contributed by atoms with Crippen LogP contribution in [0.15, 0.2) is 36.5 Å². The van der Waals surface area contributed by atoms with Crippen LogP contribution in [-0.2, 0) is 14.9 Å². The first-order chi connectivity index (χ1) is 11.1. The third-order valence-corrected chi connectivity index (χ3v) is 5.27. The predicted octanol–water partition coefficient (Wildman–Crippen LogP) is 4.64. The molecule has 122 valence electrons. The maximum absolute atomic E-state index is 11.7. The van der Waals surface area contributed by atoms with Gasteiger partial charge in [0.1, 0.15) is 0 Å². The van der Waals surface area contributed by atoms with E-state index in [1.165, 1.54) is 10.9 Å². The lowest BCUT2D eigenvalue weighted by Crippen LogP contribution is -2.30. The van der Waals surface area contributed by atoms with Crippen LogP contribution in [0.3, 0.4) is 0 Å². The van der Waals surface area contributed by atoms with Crippen LogP contribution in [0.25, 0.3) is 10.9 Å². The van der Waals surface area contributed by atoms with Crippen molar-refractivity contribution in [1.29, 1.82) is 0 Å². The van der Waals surface area contributed by atoms with Crippen LogP contribution in [0.1, 0.15) is 51.5 Å². The van der Waals surface area contributed by atoms with Gasteiger partial charge in [0, 0.05) is 18.0 Å². The van der Waals surface area contributed by atoms with Gasteiger partial charge >= 0.3 is 5.97 Å². The highest BCUT2D eigenvalue weighted by atomic mass is 16.5. The number of esters is 1. The molecule has 1 saturated carbocycles. The molecule has 1 aliphatic carbocycles. The van der Waals surface area contributed by atoms with Crippen molar-refractivity contribution in [2.45, 2.75) is 51.4 Å². The molecule has 0 amide bonds. The Morgan fingerprint density at radius 1 is 1.26 bits per heavy atom. The highest BCUT2D eigenvalue weighted by molar-refractivity contribution is 5.83. The Morgan fingerprint density at radius 3 is 2.74 bits per heavy atom. The van der Waals surface area contributed by atoms with E-state index in [9.17, 15) is 4.79 Å². The monoisotopic (exact) mass is 311 g/mol. The Labute approximate surface area is 138 Å². The molecule has 23 heavy (non-hydrogen) atoms. The average molecular weight is 311 g/mol. The standard InChI is InChI=1S/C20H25NO2/c1-3-23-19(22)14-15-8-11-20(2,12-9-15)17-10-13-21-18-7-5-4-6-16(17)18/h4-7,10,13,15H,3,8-9,11-12,14H2,1-2H3. The summed E-state index contributed by atoms with van der Waals surface area (Å²) in [4.78, 5) is 16.2. The number of pyridine rings is 1. The Bertz CT molecular complexity index is 682. The van der Waals surface area contributed by atoms with Crippen molar-refractivity contribution in [1.82, 2.24) is 4.98 Å². The average Bonchev–Trinajstić information content (AvgIpc) is 2.57. The molecule has 1 aliphatic rings. The van der Waals surface area contributed by atoms with Gasteiger partial charge in [-0.2, -0.15) is 0 Å². The molecule has 1 aromatic heterocycles. The quantitative estimate of drug-likeness (QED) is 0.772. The molecule has 0 bridgehead atoms. The molecular formula is C20H25NO2. The van der Waals surface area contributed by atoms with Crippen LogP contribution in [0.5, 0.6) is 0 Å². The third kappa shape index (κ3) is 3.39. The first-order valence-corrected chi connectivity index (χ1v) is 8.62. The molecule has 1 heterocycles. The third-order valence-electron chi connectivity index (χ3n) is 5.27. The van der Waals surface area contributed by atoms with Gasteiger partial charge in [-0.3, -0.25) is 9.78 Å². The lowest BCUT2D eigenvalue weighted by molar-refractivity contribution is -0.144. The molecule has 3 nitrogen and oxygen atoms in total. The van der Waals surface area contributed by atoms with E-state index in [0.717, 1.165) is 31.2 Å². The summed E-state index contributed by atoms with van der Waals surface area (Å²) in [6, 6.07) is 10.6. The molecule has 3 rings (SSSR count).